The molecule has 2 bridgehead atoms. The number of amides is 2. The zero-order chi connectivity index (χ0) is 21.7. The van der Waals surface area contributed by atoms with E-state index in [1.165, 1.54) is 12.8 Å². The van der Waals surface area contributed by atoms with E-state index < -0.39 is 5.54 Å². The number of benzene rings is 1. The van der Waals surface area contributed by atoms with Gasteiger partial charge in [-0.3, -0.25) is 9.59 Å². The summed E-state index contributed by atoms with van der Waals surface area (Å²) in [6, 6.07) is 7.82. The molecule has 2 amide bonds. The van der Waals surface area contributed by atoms with Gasteiger partial charge in [0.05, 0.1) is 17.6 Å². The molecule has 1 aromatic rings. The Labute approximate surface area is 190 Å². The zero-order valence-corrected chi connectivity index (χ0v) is 18.8. The first-order valence-electron chi connectivity index (χ1n) is 12.6. The van der Waals surface area contributed by atoms with Crippen LogP contribution in [0.15, 0.2) is 36.4 Å². The first kappa shape index (κ1) is 20.5. The van der Waals surface area contributed by atoms with Gasteiger partial charge in [-0.2, -0.15) is 0 Å². The van der Waals surface area contributed by atoms with Crippen molar-refractivity contribution in [3.63, 3.8) is 0 Å². The lowest BCUT2D eigenvalue weighted by Gasteiger charge is -2.50. The fourth-order valence-corrected chi connectivity index (χ4v) is 7.39. The zero-order valence-electron chi connectivity index (χ0n) is 18.8. The summed E-state index contributed by atoms with van der Waals surface area (Å²) in [5, 5.41) is 3.36. The first-order valence-corrected chi connectivity index (χ1v) is 12.6. The molecule has 3 fully saturated rings. The summed E-state index contributed by atoms with van der Waals surface area (Å²) in [5.74, 6) is 1.78. The molecular formula is C27H34N2O3. The average molecular weight is 435 g/mol. The molecule has 1 spiro atoms. The normalized spacial score (nSPS) is 34.4. The van der Waals surface area contributed by atoms with Crippen molar-refractivity contribution in [1.29, 1.82) is 0 Å². The van der Waals surface area contributed by atoms with Crippen LogP contribution in [-0.2, 0) is 9.53 Å². The number of fused-ring (bicyclic) bond motifs is 3. The Kier molecular flexibility index (Phi) is 5.13. The Morgan fingerprint density at radius 1 is 1.12 bits per heavy atom. The molecule has 1 aromatic carbocycles. The molecule has 5 heteroatoms. The second kappa shape index (κ2) is 8.02. The predicted molar refractivity (Wildman–Crippen MR) is 122 cm³/mol. The summed E-state index contributed by atoms with van der Waals surface area (Å²) < 4.78 is 5.93. The van der Waals surface area contributed by atoms with Gasteiger partial charge < -0.3 is 15.0 Å². The molecule has 32 heavy (non-hydrogen) atoms. The number of nitrogens with one attached hydrogen (secondary N) is 1. The van der Waals surface area contributed by atoms with Crippen molar-refractivity contribution in [3.05, 3.63) is 47.5 Å². The smallest absolute Gasteiger partial charge is 0.254 e. The minimum atomic E-state index is -0.421. The second-order valence-corrected chi connectivity index (χ2v) is 10.7. The summed E-state index contributed by atoms with van der Waals surface area (Å²) >= 11 is 0. The molecule has 2 heterocycles. The second-order valence-electron chi connectivity index (χ2n) is 10.7. The summed E-state index contributed by atoms with van der Waals surface area (Å²) in [5.41, 5.74) is 1.20. The fourth-order valence-electron chi connectivity index (χ4n) is 7.39. The third-order valence-corrected chi connectivity index (χ3v) is 8.92. The maximum absolute atomic E-state index is 13.9. The molecule has 5 atom stereocenters. The number of ether oxygens (including phenoxy) is 1. The summed E-state index contributed by atoms with van der Waals surface area (Å²) in [6.45, 7) is 2.13. The van der Waals surface area contributed by atoms with E-state index in [0.29, 0.717) is 29.9 Å². The minimum Gasteiger partial charge on any atom is -0.376 e. The van der Waals surface area contributed by atoms with Crippen molar-refractivity contribution in [3.8, 4) is 0 Å². The van der Waals surface area contributed by atoms with Gasteiger partial charge >= 0.3 is 0 Å². The average Bonchev–Trinajstić information content (AvgIpc) is 3.61. The molecule has 0 radical (unpaired) electrons. The summed E-state index contributed by atoms with van der Waals surface area (Å²) in [6.07, 6.45) is 13.2. The van der Waals surface area contributed by atoms with Gasteiger partial charge in [0, 0.05) is 25.3 Å². The lowest BCUT2D eigenvalue weighted by atomic mass is 9.70. The van der Waals surface area contributed by atoms with Gasteiger partial charge in [0.15, 0.2) is 0 Å². The van der Waals surface area contributed by atoms with E-state index in [1.807, 2.05) is 24.3 Å². The van der Waals surface area contributed by atoms with E-state index in [0.717, 1.165) is 57.2 Å². The molecule has 5 nitrogen and oxygen atoms in total. The Morgan fingerprint density at radius 2 is 1.97 bits per heavy atom. The van der Waals surface area contributed by atoms with Crippen LogP contribution >= 0.6 is 0 Å². The molecule has 1 N–H and O–H groups in total. The van der Waals surface area contributed by atoms with E-state index in [9.17, 15) is 9.59 Å². The van der Waals surface area contributed by atoms with E-state index in [2.05, 4.69) is 22.4 Å². The summed E-state index contributed by atoms with van der Waals surface area (Å²) in [7, 11) is 0. The van der Waals surface area contributed by atoms with Crippen molar-refractivity contribution < 1.29 is 14.3 Å². The number of carbonyl (C=O) groups is 2. The number of nitrogens with zero attached hydrogens (tertiary/aromatic N) is 1. The lowest BCUT2D eigenvalue weighted by molar-refractivity contribution is -0.127. The van der Waals surface area contributed by atoms with Crippen LogP contribution in [0.2, 0.25) is 0 Å². The molecule has 0 aromatic heterocycles. The molecule has 6 rings (SSSR count). The van der Waals surface area contributed by atoms with Crippen molar-refractivity contribution in [2.24, 2.45) is 17.8 Å². The number of hydrogen-bond donors (Lipinski definition) is 1. The quantitative estimate of drug-likeness (QED) is 0.712. The molecule has 2 saturated carbocycles. The lowest BCUT2D eigenvalue weighted by Crippen LogP contribution is -2.62. The van der Waals surface area contributed by atoms with Crippen molar-refractivity contribution in [1.82, 2.24) is 10.2 Å². The molecule has 2 aliphatic heterocycles. The number of rotatable bonds is 5. The standard InChI is InChI=1S/C27H34N2O3/c30-25(28-16-20-15-18-9-10-19(20)14-18)24-22-7-1-2-8-23(22)26(31)29(17-21-6-5-13-32-21)27(24)11-3-4-12-27/h1-2,7-10,18-21,24H,3-6,11-17H2,(H,28,30)/t18-,19-,20-,21-,24+/m0/s1. The van der Waals surface area contributed by atoms with E-state index >= 15 is 0 Å². The fraction of sp³-hybridized carbons (Fsp3) is 0.630. The Bertz CT molecular complexity index is 929. The predicted octanol–water partition coefficient (Wildman–Crippen LogP) is 4.05. The molecule has 170 valence electrons. The Morgan fingerprint density at radius 3 is 2.69 bits per heavy atom. The van der Waals surface area contributed by atoms with Crippen LogP contribution < -0.4 is 5.32 Å². The first-order chi connectivity index (χ1) is 15.7. The largest absolute Gasteiger partial charge is 0.376 e. The van der Waals surface area contributed by atoms with Crippen molar-refractivity contribution >= 4 is 11.8 Å². The Hall–Kier alpha value is -2.14. The van der Waals surface area contributed by atoms with Gasteiger partial charge in [0.1, 0.15) is 0 Å². The van der Waals surface area contributed by atoms with Crippen LogP contribution in [0.3, 0.4) is 0 Å². The van der Waals surface area contributed by atoms with Gasteiger partial charge in [0.25, 0.3) is 5.91 Å². The van der Waals surface area contributed by atoms with Crippen LogP contribution in [0.4, 0.5) is 0 Å². The van der Waals surface area contributed by atoms with Gasteiger partial charge in [-0.05, 0) is 67.9 Å². The van der Waals surface area contributed by atoms with Crippen LogP contribution in [-0.4, -0.2) is 48.1 Å². The van der Waals surface area contributed by atoms with Gasteiger partial charge in [0.2, 0.25) is 5.91 Å². The number of hydrogen-bond acceptors (Lipinski definition) is 3. The van der Waals surface area contributed by atoms with Crippen molar-refractivity contribution in [2.75, 3.05) is 19.7 Å². The highest BCUT2D eigenvalue weighted by Crippen LogP contribution is 2.51. The van der Waals surface area contributed by atoms with E-state index in [-0.39, 0.29) is 23.8 Å². The van der Waals surface area contributed by atoms with Gasteiger partial charge in [-0.25, -0.2) is 0 Å². The molecule has 0 unspecified atom stereocenters. The maximum Gasteiger partial charge on any atom is 0.254 e. The molecular weight excluding hydrogens is 400 g/mol. The molecule has 5 aliphatic rings. The van der Waals surface area contributed by atoms with Crippen LogP contribution in [0, 0.1) is 17.8 Å². The van der Waals surface area contributed by atoms with Gasteiger partial charge in [-0.1, -0.05) is 43.2 Å². The highest BCUT2D eigenvalue weighted by Gasteiger charge is 2.56. The topological polar surface area (TPSA) is 58.6 Å². The molecule has 1 saturated heterocycles. The van der Waals surface area contributed by atoms with E-state index in [4.69, 9.17) is 4.74 Å². The third-order valence-electron chi connectivity index (χ3n) is 8.92. The van der Waals surface area contributed by atoms with Crippen LogP contribution in [0.25, 0.3) is 0 Å². The SMILES string of the molecule is O=C(NC[C@@H]1C[C@H]2C=C[C@H]1C2)[C@H]1c2ccccc2C(=O)N(C[C@@H]2CCCO2)C12CCCC2. The monoisotopic (exact) mass is 434 g/mol. The highest BCUT2D eigenvalue weighted by molar-refractivity contribution is 6.02. The van der Waals surface area contributed by atoms with Crippen molar-refractivity contribution in [2.45, 2.75) is 68.9 Å². The van der Waals surface area contributed by atoms with Crippen LogP contribution in [0.1, 0.15) is 73.2 Å². The number of allylic oxidation sites excluding steroid dienone is 2. The minimum absolute atomic E-state index is 0.0836. The Balaban J connectivity index is 1.32. The van der Waals surface area contributed by atoms with Crippen LogP contribution in [0.5, 0.6) is 0 Å². The molecule has 3 aliphatic carbocycles. The third kappa shape index (κ3) is 3.23. The number of carbonyl (C=O) groups excluding carboxylic acids is 2. The summed E-state index contributed by atoms with van der Waals surface area (Å²) in [4.78, 5) is 29.7. The van der Waals surface area contributed by atoms with E-state index in [1.54, 1.807) is 0 Å². The highest BCUT2D eigenvalue weighted by atomic mass is 16.5. The van der Waals surface area contributed by atoms with Gasteiger partial charge in [-0.15, -0.1) is 0 Å². The maximum atomic E-state index is 13.9.